The minimum absolute atomic E-state index is 0.288. The van der Waals surface area contributed by atoms with E-state index < -0.39 is 0 Å². The lowest BCUT2D eigenvalue weighted by molar-refractivity contribution is 0.103. The molecule has 2 aromatic rings. The number of nitrogens with zero attached hydrogens (tertiary/aromatic N) is 1. The summed E-state index contributed by atoms with van der Waals surface area (Å²) in [6.07, 6.45) is 1.53. The molecule has 0 bridgehead atoms. The van der Waals surface area contributed by atoms with E-state index in [1.165, 1.54) is 12.3 Å². The smallest absolute Gasteiger partial charge is 0.212 e. The standard InChI is InChI=1S/C13H9BrFNO/c1-8-4-5-9(7-11(8)15)13(17)12-10(14)3-2-6-16-12/h2-7H,1H3. The highest BCUT2D eigenvalue weighted by Gasteiger charge is 2.14. The number of aromatic nitrogens is 1. The Hall–Kier alpha value is -1.55. The zero-order valence-corrected chi connectivity index (χ0v) is 10.7. The van der Waals surface area contributed by atoms with E-state index in [2.05, 4.69) is 20.9 Å². The first-order chi connectivity index (χ1) is 8.09. The fraction of sp³-hybridized carbons (Fsp3) is 0.0769. The second-order valence-electron chi connectivity index (χ2n) is 3.63. The first-order valence-electron chi connectivity index (χ1n) is 5.01. The average molecular weight is 294 g/mol. The summed E-state index contributed by atoms with van der Waals surface area (Å²) in [6.45, 7) is 1.65. The predicted molar refractivity (Wildman–Crippen MR) is 66.5 cm³/mol. The Labute approximate surface area is 107 Å². The molecular formula is C13H9BrFNO. The van der Waals surface area contributed by atoms with Gasteiger partial charge in [-0.15, -0.1) is 0 Å². The molecule has 0 unspecified atom stereocenters. The van der Waals surface area contributed by atoms with E-state index >= 15 is 0 Å². The van der Waals surface area contributed by atoms with Gasteiger partial charge < -0.3 is 0 Å². The number of rotatable bonds is 2. The van der Waals surface area contributed by atoms with Crippen molar-refractivity contribution in [1.82, 2.24) is 4.98 Å². The maximum Gasteiger partial charge on any atom is 0.212 e. The zero-order chi connectivity index (χ0) is 12.4. The monoisotopic (exact) mass is 293 g/mol. The number of aryl methyl sites for hydroxylation is 1. The van der Waals surface area contributed by atoms with E-state index in [0.717, 1.165) is 0 Å². The van der Waals surface area contributed by atoms with Crippen molar-refractivity contribution in [3.05, 3.63) is 63.6 Å². The van der Waals surface area contributed by atoms with Crippen LogP contribution in [-0.4, -0.2) is 10.8 Å². The Bertz CT molecular complexity index is 583. The Morgan fingerprint density at radius 3 is 2.76 bits per heavy atom. The van der Waals surface area contributed by atoms with Gasteiger partial charge in [0.1, 0.15) is 11.5 Å². The quantitative estimate of drug-likeness (QED) is 0.793. The van der Waals surface area contributed by atoms with Crippen molar-refractivity contribution < 1.29 is 9.18 Å². The molecule has 1 aromatic heterocycles. The van der Waals surface area contributed by atoms with Crippen molar-refractivity contribution in [3.8, 4) is 0 Å². The topological polar surface area (TPSA) is 30.0 Å². The van der Waals surface area contributed by atoms with Gasteiger partial charge in [0, 0.05) is 16.2 Å². The van der Waals surface area contributed by atoms with Crippen LogP contribution in [0.4, 0.5) is 4.39 Å². The molecule has 0 saturated heterocycles. The Balaban J connectivity index is 2.44. The molecule has 1 aromatic carbocycles. The summed E-state index contributed by atoms with van der Waals surface area (Å²) in [6, 6.07) is 7.86. The third-order valence-electron chi connectivity index (χ3n) is 2.41. The molecule has 0 aliphatic rings. The molecule has 0 aliphatic carbocycles. The second-order valence-corrected chi connectivity index (χ2v) is 4.48. The van der Waals surface area contributed by atoms with E-state index in [9.17, 15) is 9.18 Å². The molecule has 4 heteroatoms. The van der Waals surface area contributed by atoms with Gasteiger partial charge in [-0.05, 0) is 46.6 Å². The summed E-state index contributed by atoms with van der Waals surface area (Å²) in [5, 5.41) is 0. The lowest BCUT2D eigenvalue weighted by atomic mass is 10.1. The Morgan fingerprint density at radius 2 is 2.12 bits per heavy atom. The fourth-order valence-electron chi connectivity index (χ4n) is 1.42. The fourth-order valence-corrected chi connectivity index (χ4v) is 1.86. The molecule has 2 nitrogen and oxygen atoms in total. The lowest BCUT2D eigenvalue weighted by Crippen LogP contribution is -2.05. The molecule has 0 atom stereocenters. The molecule has 0 fully saturated rings. The molecule has 86 valence electrons. The van der Waals surface area contributed by atoms with Gasteiger partial charge in [0.25, 0.3) is 0 Å². The average Bonchev–Trinajstić information content (AvgIpc) is 2.32. The Kier molecular flexibility index (Phi) is 3.33. The van der Waals surface area contributed by atoms with Gasteiger partial charge in [0.05, 0.1) is 0 Å². The van der Waals surface area contributed by atoms with Crippen molar-refractivity contribution in [2.75, 3.05) is 0 Å². The maximum absolute atomic E-state index is 13.4. The minimum Gasteiger partial charge on any atom is -0.287 e. The first kappa shape index (κ1) is 11.9. The number of carbonyl (C=O) groups is 1. The van der Waals surface area contributed by atoms with Crippen LogP contribution < -0.4 is 0 Å². The second kappa shape index (κ2) is 4.75. The highest BCUT2D eigenvalue weighted by atomic mass is 79.9. The van der Waals surface area contributed by atoms with Crippen LogP contribution >= 0.6 is 15.9 Å². The molecule has 2 rings (SSSR count). The molecule has 0 radical (unpaired) electrons. The third-order valence-corrected chi connectivity index (χ3v) is 3.05. The van der Waals surface area contributed by atoms with Crippen LogP contribution in [0.15, 0.2) is 41.0 Å². The van der Waals surface area contributed by atoms with Gasteiger partial charge >= 0.3 is 0 Å². The van der Waals surface area contributed by atoms with Crippen LogP contribution in [-0.2, 0) is 0 Å². The zero-order valence-electron chi connectivity index (χ0n) is 9.08. The molecule has 17 heavy (non-hydrogen) atoms. The highest BCUT2D eigenvalue weighted by molar-refractivity contribution is 9.10. The third kappa shape index (κ3) is 2.42. The number of pyridine rings is 1. The summed E-state index contributed by atoms with van der Waals surface area (Å²) >= 11 is 3.25. The highest BCUT2D eigenvalue weighted by Crippen LogP contribution is 2.18. The van der Waals surface area contributed by atoms with Crippen molar-refractivity contribution in [2.45, 2.75) is 6.92 Å². The van der Waals surface area contributed by atoms with Crippen molar-refractivity contribution in [3.63, 3.8) is 0 Å². The number of carbonyl (C=O) groups excluding carboxylic acids is 1. The van der Waals surface area contributed by atoms with Gasteiger partial charge in [-0.1, -0.05) is 12.1 Å². The minimum atomic E-state index is -0.386. The Morgan fingerprint density at radius 1 is 1.35 bits per heavy atom. The molecule has 0 N–H and O–H groups in total. The molecule has 0 aliphatic heterocycles. The van der Waals surface area contributed by atoms with Crippen LogP contribution in [0.25, 0.3) is 0 Å². The summed E-state index contributed by atoms with van der Waals surface area (Å²) in [4.78, 5) is 16.1. The summed E-state index contributed by atoms with van der Waals surface area (Å²) in [5.74, 6) is -0.681. The summed E-state index contributed by atoms with van der Waals surface area (Å²) in [7, 11) is 0. The van der Waals surface area contributed by atoms with Crippen LogP contribution in [0.5, 0.6) is 0 Å². The van der Waals surface area contributed by atoms with E-state index in [1.54, 1.807) is 31.2 Å². The molecule has 1 heterocycles. The van der Waals surface area contributed by atoms with Gasteiger partial charge in [-0.3, -0.25) is 9.78 Å². The van der Waals surface area contributed by atoms with Crippen LogP contribution in [0.1, 0.15) is 21.6 Å². The number of halogens is 2. The van der Waals surface area contributed by atoms with Gasteiger partial charge in [-0.25, -0.2) is 4.39 Å². The van der Waals surface area contributed by atoms with Crippen molar-refractivity contribution >= 4 is 21.7 Å². The van der Waals surface area contributed by atoms with Crippen LogP contribution in [0.3, 0.4) is 0 Å². The normalized spacial score (nSPS) is 10.3. The number of hydrogen-bond donors (Lipinski definition) is 0. The van der Waals surface area contributed by atoms with Crippen LogP contribution in [0.2, 0.25) is 0 Å². The SMILES string of the molecule is Cc1ccc(C(=O)c2ncccc2Br)cc1F. The van der Waals surface area contributed by atoms with Crippen LogP contribution in [0, 0.1) is 12.7 Å². The molecule has 0 amide bonds. The van der Waals surface area contributed by atoms with Crippen molar-refractivity contribution in [1.29, 1.82) is 0 Å². The molecule has 0 spiro atoms. The number of hydrogen-bond acceptors (Lipinski definition) is 2. The summed E-state index contributed by atoms with van der Waals surface area (Å²) < 4.78 is 14.0. The number of benzene rings is 1. The van der Waals surface area contributed by atoms with Gasteiger partial charge in [-0.2, -0.15) is 0 Å². The predicted octanol–water partition coefficient (Wildman–Crippen LogP) is 3.52. The maximum atomic E-state index is 13.4. The number of ketones is 1. The van der Waals surface area contributed by atoms with Gasteiger partial charge in [0.15, 0.2) is 0 Å². The first-order valence-corrected chi connectivity index (χ1v) is 5.80. The lowest BCUT2D eigenvalue weighted by Gasteiger charge is -2.03. The van der Waals surface area contributed by atoms with E-state index in [1.807, 2.05) is 0 Å². The van der Waals surface area contributed by atoms with Crippen molar-refractivity contribution in [2.24, 2.45) is 0 Å². The largest absolute Gasteiger partial charge is 0.287 e. The molecule has 0 saturated carbocycles. The molecular weight excluding hydrogens is 285 g/mol. The van der Waals surface area contributed by atoms with E-state index in [4.69, 9.17) is 0 Å². The summed E-state index contributed by atoms with van der Waals surface area (Å²) in [5.41, 5.74) is 1.10. The van der Waals surface area contributed by atoms with E-state index in [-0.39, 0.29) is 17.3 Å². The van der Waals surface area contributed by atoms with Gasteiger partial charge in [0.2, 0.25) is 5.78 Å². The van der Waals surface area contributed by atoms with E-state index in [0.29, 0.717) is 15.6 Å².